The first-order chi connectivity index (χ1) is 8.80. The molecule has 1 atom stereocenters. The third-order valence-electron chi connectivity index (χ3n) is 2.58. The van der Waals surface area contributed by atoms with E-state index in [1.807, 2.05) is 0 Å². The molecular formula is C11H13NO5S2. The molecule has 0 bridgehead atoms. The van der Waals surface area contributed by atoms with E-state index in [0.717, 1.165) is 24.3 Å². The summed E-state index contributed by atoms with van der Waals surface area (Å²) in [4.78, 5) is 21.1. The van der Waals surface area contributed by atoms with Crippen LogP contribution in [0.25, 0.3) is 0 Å². The second-order valence-corrected chi connectivity index (χ2v) is 6.48. The Labute approximate surface area is 116 Å². The summed E-state index contributed by atoms with van der Waals surface area (Å²) in [6.45, 7) is 1.76. The minimum atomic E-state index is -3.85. The van der Waals surface area contributed by atoms with Crippen LogP contribution in [0.5, 0.6) is 0 Å². The number of carbonyl (C=O) groups is 1. The summed E-state index contributed by atoms with van der Waals surface area (Å²) in [6.07, 6.45) is 0.685. The van der Waals surface area contributed by atoms with Gasteiger partial charge in [0.05, 0.1) is 9.82 Å². The molecule has 0 aromatic heterocycles. The minimum absolute atomic E-state index is 0.112. The maximum Gasteiger partial charge on any atom is 0.269 e. The van der Waals surface area contributed by atoms with E-state index in [1.165, 1.54) is 0 Å². The Morgan fingerprint density at radius 3 is 2.26 bits per heavy atom. The topological polar surface area (TPSA) is 94.3 Å². The Hall–Kier alpha value is -1.41. The second kappa shape index (κ2) is 6.16. The van der Waals surface area contributed by atoms with Crippen LogP contribution in [-0.2, 0) is 14.6 Å². The van der Waals surface area contributed by atoms with Crippen molar-refractivity contribution in [2.45, 2.75) is 29.9 Å². The SMILES string of the molecule is CCCC(C(=O)S)S(=O)(=O)c1ccc([N+](=O)[O-])cc1. The standard InChI is InChI=1S/C11H13NO5S2/c1-2-3-10(11(13)18)19(16,17)9-6-4-8(5-7-9)12(14)15/h4-7,10H,2-3H2,1H3,(H,13,18). The van der Waals surface area contributed by atoms with E-state index in [1.54, 1.807) is 6.92 Å². The predicted octanol–water partition coefficient (Wildman–Crippen LogP) is 1.99. The van der Waals surface area contributed by atoms with Gasteiger partial charge < -0.3 is 0 Å². The van der Waals surface area contributed by atoms with Gasteiger partial charge in [0.1, 0.15) is 5.25 Å². The number of non-ortho nitro benzene ring substituents is 1. The van der Waals surface area contributed by atoms with Crippen molar-refractivity contribution in [3.63, 3.8) is 0 Å². The van der Waals surface area contributed by atoms with E-state index in [-0.39, 0.29) is 17.0 Å². The van der Waals surface area contributed by atoms with Gasteiger partial charge in [-0.1, -0.05) is 13.3 Å². The number of hydrogen-bond donors (Lipinski definition) is 1. The average molecular weight is 303 g/mol. The van der Waals surface area contributed by atoms with Gasteiger partial charge in [-0.25, -0.2) is 8.42 Å². The van der Waals surface area contributed by atoms with Crippen LogP contribution in [0, 0.1) is 10.1 Å². The molecule has 0 saturated heterocycles. The molecule has 0 heterocycles. The summed E-state index contributed by atoms with van der Waals surface area (Å²) in [5.74, 6) is 0. The Morgan fingerprint density at radius 1 is 1.37 bits per heavy atom. The first-order valence-corrected chi connectivity index (χ1v) is 7.51. The molecule has 8 heteroatoms. The number of nitrogens with zero attached hydrogens (tertiary/aromatic N) is 1. The van der Waals surface area contributed by atoms with Crippen LogP contribution in [0.4, 0.5) is 5.69 Å². The third kappa shape index (κ3) is 3.54. The molecule has 0 radical (unpaired) electrons. The van der Waals surface area contributed by atoms with Gasteiger partial charge in [0.25, 0.3) is 5.69 Å². The molecular weight excluding hydrogens is 290 g/mol. The fraction of sp³-hybridized carbons (Fsp3) is 0.364. The minimum Gasteiger partial charge on any atom is -0.286 e. The van der Waals surface area contributed by atoms with Gasteiger partial charge in [-0.15, -0.1) is 12.6 Å². The van der Waals surface area contributed by atoms with Gasteiger partial charge >= 0.3 is 0 Å². The van der Waals surface area contributed by atoms with Gasteiger partial charge in [-0.05, 0) is 18.6 Å². The van der Waals surface area contributed by atoms with Crippen molar-refractivity contribution in [2.24, 2.45) is 0 Å². The maximum absolute atomic E-state index is 12.2. The lowest BCUT2D eigenvalue weighted by atomic mass is 10.3. The molecule has 6 nitrogen and oxygen atoms in total. The fourth-order valence-corrected chi connectivity index (χ4v) is 3.80. The third-order valence-corrected chi connectivity index (χ3v) is 5.19. The number of sulfone groups is 1. The van der Waals surface area contributed by atoms with Crippen LogP contribution < -0.4 is 0 Å². The van der Waals surface area contributed by atoms with Crippen molar-refractivity contribution in [3.8, 4) is 0 Å². The molecule has 1 aromatic rings. The molecule has 1 rings (SSSR count). The second-order valence-electron chi connectivity index (χ2n) is 3.91. The molecule has 0 saturated carbocycles. The van der Waals surface area contributed by atoms with Crippen LogP contribution in [0.15, 0.2) is 29.2 Å². The molecule has 0 aliphatic heterocycles. The van der Waals surface area contributed by atoms with Crippen molar-refractivity contribution in [2.75, 3.05) is 0 Å². The highest BCUT2D eigenvalue weighted by molar-refractivity contribution is 8.01. The molecule has 104 valence electrons. The number of nitro groups is 1. The number of nitro benzene ring substituents is 1. The van der Waals surface area contributed by atoms with Crippen LogP contribution in [0.2, 0.25) is 0 Å². The van der Waals surface area contributed by atoms with Crippen LogP contribution in [-0.4, -0.2) is 23.7 Å². The zero-order chi connectivity index (χ0) is 14.6. The van der Waals surface area contributed by atoms with E-state index < -0.39 is 25.1 Å². The molecule has 1 aromatic carbocycles. The Bertz CT molecular complexity index is 580. The van der Waals surface area contributed by atoms with Gasteiger partial charge in [-0.2, -0.15) is 0 Å². The Morgan fingerprint density at radius 2 is 1.89 bits per heavy atom. The van der Waals surface area contributed by atoms with Crippen molar-refractivity contribution >= 4 is 33.3 Å². The molecule has 1 unspecified atom stereocenters. The first kappa shape index (κ1) is 15.6. The summed E-state index contributed by atoms with van der Waals surface area (Å²) in [7, 11) is -3.85. The predicted molar refractivity (Wildman–Crippen MR) is 73.0 cm³/mol. The zero-order valence-electron chi connectivity index (χ0n) is 10.1. The highest BCUT2D eigenvalue weighted by Gasteiger charge is 2.31. The number of hydrogen-bond acceptors (Lipinski definition) is 5. The lowest BCUT2D eigenvalue weighted by Crippen LogP contribution is -2.27. The molecule has 0 amide bonds. The first-order valence-electron chi connectivity index (χ1n) is 5.52. The number of thiol groups is 1. The largest absolute Gasteiger partial charge is 0.286 e. The number of carbonyl (C=O) groups excluding carboxylic acids is 1. The molecule has 0 spiro atoms. The quantitative estimate of drug-likeness (QED) is 0.492. The van der Waals surface area contributed by atoms with Gasteiger partial charge in [0.15, 0.2) is 9.84 Å². The number of benzene rings is 1. The molecule has 0 aliphatic rings. The van der Waals surface area contributed by atoms with Crippen molar-refractivity contribution in [3.05, 3.63) is 34.4 Å². The number of rotatable bonds is 6. The molecule has 0 aliphatic carbocycles. The van der Waals surface area contributed by atoms with Gasteiger partial charge in [0, 0.05) is 12.1 Å². The molecule has 0 fully saturated rings. The average Bonchev–Trinajstić information content (AvgIpc) is 2.35. The van der Waals surface area contributed by atoms with Crippen molar-refractivity contribution in [1.82, 2.24) is 0 Å². The van der Waals surface area contributed by atoms with E-state index in [4.69, 9.17) is 0 Å². The fourth-order valence-electron chi connectivity index (χ4n) is 1.60. The summed E-state index contributed by atoms with van der Waals surface area (Å²) in [5.41, 5.74) is -0.205. The van der Waals surface area contributed by atoms with Crippen molar-refractivity contribution in [1.29, 1.82) is 0 Å². The van der Waals surface area contributed by atoms with E-state index in [9.17, 15) is 23.3 Å². The van der Waals surface area contributed by atoms with E-state index in [0.29, 0.717) is 6.42 Å². The molecule has 0 N–H and O–H groups in total. The Balaban J connectivity index is 3.18. The summed E-state index contributed by atoms with van der Waals surface area (Å²) >= 11 is 3.60. The summed E-state index contributed by atoms with van der Waals surface area (Å²) in [5, 5.41) is 8.55. The monoisotopic (exact) mass is 303 g/mol. The van der Waals surface area contributed by atoms with Gasteiger partial charge in [-0.3, -0.25) is 14.9 Å². The maximum atomic E-state index is 12.2. The van der Waals surface area contributed by atoms with Crippen LogP contribution in [0.1, 0.15) is 19.8 Å². The highest BCUT2D eigenvalue weighted by Crippen LogP contribution is 2.23. The highest BCUT2D eigenvalue weighted by atomic mass is 32.2. The van der Waals surface area contributed by atoms with E-state index >= 15 is 0 Å². The summed E-state index contributed by atoms with van der Waals surface area (Å²) < 4.78 is 24.4. The normalized spacial score (nSPS) is 12.9. The van der Waals surface area contributed by atoms with Crippen molar-refractivity contribution < 1.29 is 18.1 Å². The summed E-state index contributed by atoms with van der Waals surface area (Å²) in [6, 6.07) is 4.46. The van der Waals surface area contributed by atoms with Crippen LogP contribution >= 0.6 is 12.6 Å². The van der Waals surface area contributed by atoms with Gasteiger partial charge in [0.2, 0.25) is 5.12 Å². The lowest BCUT2D eigenvalue weighted by Gasteiger charge is -2.13. The zero-order valence-corrected chi connectivity index (χ0v) is 11.9. The molecule has 19 heavy (non-hydrogen) atoms. The lowest BCUT2D eigenvalue weighted by molar-refractivity contribution is -0.384. The van der Waals surface area contributed by atoms with E-state index in [2.05, 4.69) is 12.6 Å². The van der Waals surface area contributed by atoms with Crippen LogP contribution in [0.3, 0.4) is 0 Å². The smallest absolute Gasteiger partial charge is 0.269 e. The Kier molecular flexibility index (Phi) is 5.07.